The molecule has 1 N–H and O–H groups in total. The summed E-state index contributed by atoms with van der Waals surface area (Å²) in [6, 6.07) is 14.5. The number of amides is 1. The van der Waals surface area contributed by atoms with Gasteiger partial charge in [-0.1, -0.05) is 24.3 Å². The quantitative estimate of drug-likeness (QED) is 0.780. The predicted molar refractivity (Wildman–Crippen MR) is 94.2 cm³/mol. The van der Waals surface area contributed by atoms with Gasteiger partial charge in [0.1, 0.15) is 11.5 Å². The van der Waals surface area contributed by atoms with Gasteiger partial charge in [0, 0.05) is 13.1 Å². The fourth-order valence-electron chi connectivity index (χ4n) is 2.30. The summed E-state index contributed by atoms with van der Waals surface area (Å²) in [6.45, 7) is -0.135. The number of nitrogens with zero attached hydrogens (tertiary/aromatic N) is 1. The van der Waals surface area contributed by atoms with Crippen molar-refractivity contribution in [3.05, 3.63) is 59.7 Å². The third kappa shape index (κ3) is 5.70. The topological polar surface area (TPSA) is 85.3 Å². The van der Waals surface area contributed by atoms with Gasteiger partial charge in [-0.05, 0) is 35.4 Å². The van der Waals surface area contributed by atoms with Crippen LogP contribution in [0.4, 0.5) is 4.79 Å². The molecule has 2 aromatic carbocycles. The first kappa shape index (κ1) is 19.1. The van der Waals surface area contributed by atoms with Gasteiger partial charge in [0.05, 0.1) is 14.2 Å². The highest BCUT2D eigenvalue weighted by atomic mass is 16.6. The Kier molecular flexibility index (Phi) is 6.84. The van der Waals surface area contributed by atoms with Crippen molar-refractivity contribution in [3.8, 4) is 11.5 Å². The molecule has 0 radical (unpaired) electrons. The molecule has 0 fully saturated rings. The number of ether oxygens (including phenoxy) is 3. The summed E-state index contributed by atoms with van der Waals surface area (Å²) in [5.74, 6) is 0.222. The number of benzene rings is 2. The zero-order chi connectivity index (χ0) is 18.9. The lowest BCUT2D eigenvalue weighted by atomic mass is 10.1. The van der Waals surface area contributed by atoms with E-state index in [2.05, 4.69) is 0 Å². The van der Waals surface area contributed by atoms with Crippen LogP contribution in [0, 0.1) is 0 Å². The van der Waals surface area contributed by atoms with Crippen LogP contribution in [0.15, 0.2) is 48.5 Å². The summed E-state index contributed by atoms with van der Waals surface area (Å²) in [6.07, 6.45) is -0.695. The van der Waals surface area contributed by atoms with Gasteiger partial charge in [-0.2, -0.15) is 0 Å². The Labute approximate surface area is 151 Å². The van der Waals surface area contributed by atoms with E-state index in [1.54, 1.807) is 38.5 Å². The van der Waals surface area contributed by atoms with Crippen LogP contribution in [0.25, 0.3) is 0 Å². The van der Waals surface area contributed by atoms with Crippen molar-refractivity contribution < 1.29 is 28.9 Å². The lowest BCUT2D eigenvalue weighted by molar-refractivity contribution is -0.140. The van der Waals surface area contributed by atoms with Crippen molar-refractivity contribution >= 4 is 12.1 Å². The van der Waals surface area contributed by atoms with Gasteiger partial charge in [-0.25, -0.2) is 9.59 Å². The number of carboxylic acid groups (broad SMARTS) is 1. The highest BCUT2D eigenvalue weighted by Gasteiger charge is 2.17. The number of carbonyl (C=O) groups is 2. The number of rotatable bonds is 8. The van der Waals surface area contributed by atoms with E-state index in [1.165, 1.54) is 4.90 Å². The zero-order valence-corrected chi connectivity index (χ0v) is 14.7. The van der Waals surface area contributed by atoms with Crippen LogP contribution in [-0.2, 0) is 22.6 Å². The van der Waals surface area contributed by atoms with Gasteiger partial charge in [-0.3, -0.25) is 4.90 Å². The lowest BCUT2D eigenvalue weighted by Crippen LogP contribution is -2.32. The highest BCUT2D eigenvalue weighted by molar-refractivity contribution is 5.74. The van der Waals surface area contributed by atoms with Crippen molar-refractivity contribution in [2.75, 3.05) is 20.8 Å². The van der Waals surface area contributed by atoms with Crippen molar-refractivity contribution in [2.45, 2.75) is 13.1 Å². The maximum Gasteiger partial charge on any atom is 0.410 e. The molecule has 1 amide bonds. The molecule has 0 spiro atoms. The zero-order valence-electron chi connectivity index (χ0n) is 14.7. The van der Waals surface area contributed by atoms with Gasteiger partial charge in [0.15, 0.2) is 6.61 Å². The van der Waals surface area contributed by atoms with E-state index in [1.807, 2.05) is 24.3 Å². The van der Waals surface area contributed by atoms with E-state index in [0.717, 1.165) is 11.1 Å². The molecule has 26 heavy (non-hydrogen) atoms. The maximum atomic E-state index is 12.3. The Hall–Kier alpha value is -3.22. The van der Waals surface area contributed by atoms with E-state index in [0.29, 0.717) is 11.5 Å². The monoisotopic (exact) mass is 359 g/mol. The van der Waals surface area contributed by atoms with E-state index in [9.17, 15) is 9.59 Å². The Morgan fingerprint density at radius 3 is 1.62 bits per heavy atom. The van der Waals surface area contributed by atoms with Crippen molar-refractivity contribution in [1.29, 1.82) is 0 Å². The molecule has 0 aliphatic carbocycles. The van der Waals surface area contributed by atoms with Gasteiger partial charge in [0.2, 0.25) is 0 Å². The molecule has 2 aromatic rings. The number of carboxylic acids is 1. The summed E-state index contributed by atoms with van der Waals surface area (Å²) in [5, 5.41) is 8.72. The van der Waals surface area contributed by atoms with Crippen LogP contribution in [0.5, 0.6) is 11.5 Å². The number of hydrogen-bond acceptors (Lipinski definition) is 5. The molecular weight excluding hydrogens is 338 g/mol. The first-order chi connectivity index (χ1) is 12.5. The Morgan fingerprint density at radius 1 is 0.846 bits per heavy atom. The molecule has 0 saturated carbocycles. The SMILES string of the molecule is COc1ccc(CN(Cc2ccc(OC)cc2)C(=O)OCC(=O)O)cc1. The second-order valence-electron chi connectivity index (χ2n) is 5.50. The molecule has 0 aliphatic heterocycles. The van der Waals surface area contributed by atoms with Crippen LogP contribution in [0.2, 0.25) is 0 Å². The second kappa shape index (κ2) is 9.31. The third-order valence-electron chi connectivity index (χ3n) is 3.64. The van der Waals surface area contributed by atoms with Gasteiger partial charge >= 0.3 is 12.1 Å². The summed E-state index contributed by atoms with van der Waals surface area (Å²) in [7, 11) is 3.16. The largest absolute Gasteiger partial charge is 0.497 e. The van der Waals surface area contributed by atoms with Crippen LogP contribution >= 0.6 is 0 Å². The Balaban J connectivity index is 2.13. The summed E-state index contributed by atoms with van der Waals surface area (Å²) in [4.78, 5) is 24.4. The van der Waals surface area contributed by atoms with Gasteiger partial charge in [-0.15, -0.1) is 0 Å². The third-order valence-corrected chi connectivity index (χ3v) is 3.64. The second-order valence-corrected chi connectivity index (χ2v) is 5.50. The molecule has 0 atom stereocenters. The minimum absolute atomic E-state index is 0.272. The number of aliphatic carboxylic acids is 1. The molecular formula is C19H21NO6. The highest BCUT2D eigenvalue weighted by Crippen LogP contribution is 2.17. The summed E-state index contributed by atoms with van der Waals surface area (Å²) in [5.41, 5.74) is 1.73. The van der Waals surface area contributed by atoms with Crippen molar-refractivity contribution in [2.24, 2.45) is 0 Å². The van der Waals surface area contributed by atoms with E-state index < -0.39 is 18.7 Å². The normalized spacial score (nSPS) is 10.1. The predicted octanol–water partition coefficient (Wildman–Crippen LogP) is 2.93. The van der Waals surface area contributed by atoms with Crippen LogP contribution in [-0.4, -0.2) is 42.9 Å². The standard InChI is InChI=1S/C19H21NO6/c1-24-16-7-3-14(4-8-16)11-20(19(23)26-13-18(21)22)12-15-5-9-17(25-2)10-6-15/h3-10H,11-13H2,1-2H3,(H,21,22). The van der Waals surface area contributed by atoms with Gasteiger partial charge < -0.3 is 19.3 Å². The van der Waals surface area contributed by atoms with Crippen LogP contribution in [0.3, 0.4) is 0 Å². The van der Waals surface area contributed by atoms with Crippen LogP contribution < -0.4 is 9.47 Å². The molecule has 0 heterocycles. The van der Waals surface area contributed by atoms with Crippen LogP contribution in [0.1, 0.15) is 11.1 Å². The first-order valence-corrected chi connectivity index (χ1v) is 7.91. The molecule has 2 rings (SSSR count). The molecule has 7 heteroatoms. The number of methoxy groups -OCH3 is 2. The lowest BCUT2D eigenvalue weighted by Gasteiger charge is -2.22. The molecule has 0 unspecified atom stereocenters. The Morgan fingerprint density at radius 2 is 1.27 bits per heavy atom. The average molecular weight is 359 g/mol. The van der Waals surface area contributed by atoms with Crippen molar-refractivity contribution in [1.82, 2.24) is 4.90 Å². The molecule has 138 valence electrons. The van der Waals surface area contributed by atoms with E-state index >= 15 is 0 Å². The Bertz CT molecular complexity index is 677. The fraction of sp³-hybridized carbons (Fsp3) is 0.263. The van der Waals surface area contributed by atoms with Crippen molar-refractivity contribution in [3.63, 3.8) is 0 Å². The molecule has 0 aliphatic rings. The fourth-order valence-corrected chi connectivity index (χ4v) is 2.30. The minimum Gasteiger partial charge on any atom is -0.497 e. The summed E-state index contributed by atoms with van der Waals surface area (Å²) < 4.78 is 15.1. The molecule has 0 aromatic heterocycles. The smallest absolute Gasteiger partial charge is 0.410 e. The van der Waals surface area contributed by atoms with E-state index in [4.69, 9.17) is 19.3 Å². The number of hydrogen-bond donors (Lipinski definition) is 1. The average Bonchev–Trinajstić information content (AvgIpc) is 2.66. The molecule has 7 nitrogen and oxygen atoms in total. The molecule has 0 bridgehead atoms. The first-order valence-electron chi connectivity index (χ1n) is 7.91. The number of carbonyl (C=O) groups excluding carboxylic acids is 1. The molecule has 0 saturated heterocycles. The summed E-state index contributed by atoms with van der Waals surface area (Å²) >= 11 is 0. The minimum atomic E-state index is -1.20. The van der Waals surface area contributed by atoms with E-state index in [-0.39, 0.29) is 13.1 Å². The van der Waals surface area contributed by atoms with Gasteiger partial charge in [0.25, 0.3) is 0 Å². The maximum absolute atomic E-state index is 12.3.